The number of nitrogens with two attached hydrogens (primary N) is 1. The number of methoxy groups -OCH3 is 1. The second-order valence-electron chi connectivity index (χ2n) is 3.89. The van der Waals surface area contributed by atoms with E-state index in [1.54, 1.807) is 18.2 Å². The Morgan fingerprint density at radius 3 is 2.70 bits per heavy atom. The molecule has 5 nitrogen and oxygen atoms in total. The SMILES string of the molecule is COc1cc(NC(=O)c2cnc(N)c(Cl)c2)ccc1Cl. The number of halogens is 2. The summed E-state index contributed by atoms with van der Waals surface area (Å²) in [7, 11) is 1.50. The van der Waals surface area contributed by atoms with E-state index < -0.39 is 0 Å². The van der Waals surface area contributed by atoms with E-state index in [2.05, 4.69) is 10.3 Å². The van der Waals surface area contributed by atoms with Crippen molar-refractivity contribution in [2.75, 3.05) is 18.2 Å². The van der Waals surface area contributed by atoms with Crippen LogP contribution >= 0.6 is 23.2 Å². The van der Waals surface area contributed by atoms with E-state index in [1.807, 2.05) is 0 Å². The molecule has 20 heavy (non-hydrogen) atoms. The van der Waals surface area contributed by atoms with Crippen molar-refractivity contribution in [3.8, 4) is 5.75 Å². The molecule has 0 spiro atoms. The van der Waals surface area contributed by atoms with Crippen LogP contribution in [-0.2, 0) is 0 Å². The van der Waals surface area contributed by atoms with Gasteiger partial charge in [0.2, 0.25) is 0 Å². The van der Waals surface area contributed by atoms with Crippen LogP contribution in [0, 0.1) is 0 Å². The summed E-state index contributed by atoms with van der Waals surface area (Å²) >= 11 is 11.7. The van der Waals surface area contributed by atoms with Gasteiger partial charge in [-0.2, -0.15) is 0 Å². The molecule has 2 aromatic rings. The number of nitrogen functional groups attached to an aromatic ring is 1. The van der Waals surface area contributed by atoms with Gasteiger partial charge in [0, 0.05) is 18.0 Å². The maximum absolute atomic E-state index is 12.0. The highest BCUT2D eigenvalue weighted by Gasteiger charge is 2.10. The number of nitrogens with one attached hydrogen (secondary N) is 1. The van der Waals surface area contributed by atoms with Gasteiger partial charge in [-0.15, -0.1) is 0 Å². The molecule has 104 valence electrons. The molecule has 1 aromatic carbocycles. The summed E-state index contributed by atoms with van der Waals surface area (Å²) in [6.07, 6.45) is 1.35. The zero-order valence-corrected chi connectivity index (χ0v) is 12.0. The number of ether oxygens (including phenoxy) is 1. The average molecular weight is 312 g/mol. The van der Waals surface area contributed by atoms with Crippen LogP contribution in [0.2, 0.25) is 10.0 Å². The van der Waals surface area contributed by atoms with E-state index in [4.69, 9.17) is 33.7 Å². The van der Waals surface area contributed by atoms with Gasteiger partial charge in [0.1, 0.15) is 11.6 Å². The molecule has 2 rings (SSSR count). The molecule has 3 N–H and O–H groups in total. The van der Waals surface area contributed by atoms with Crippen molar-refractivity contribution in [2.45, 2.75) is 0 Å². The first kappa shape index (κ1) is 14.4. The highest BCUT2D eigenvalue weighted by Crippen LogP contribution is 2.27. The van der Waals surface area contributed by atoms with Crippen molar-refractivity contribution in [3.63, 3.8) is 0 Å². The monoisotopic (exact) mass is 311 g/mol. The molecular formula is C13H11Cl2N3O2. The fraction of sp³-hybridized carbons (Fsp3) is 0.0769. The van der Waals surface area contributed by atoms with Crippen molar-refractivity contribution in [2.24, 2.45) is 0 Å². The summed E-state index contributed by atoms with van der Waals surface area (Å²) in [5.41, 5.74) is 6.34. The number of anilines is 2. The van der Waals surface area contributed by atoms with Gasteiger partial charge in [0.25, 0.3) is 5.91 Å². The highest BCUT2D eigenvalue weighted by molar-refractivity contribution is 6.33. The molecule has 1 heterocycles. The second kappa shape index (κ2) is 5.98. The minimum Gasteiger partial charge on any atom is -0.495 e. The zero-order chi connectivity index (χ0) is 14.7. The highest BCUT2D eigenvalue weighted by atomic mass is 35.5. The summed E-state index contributed by atoms with van der Waals surface area (Å²) < 4.78 is 5.07. The quantitative estimate of drug-likeness (QED) is 0.912. The Balaban J connectivity index is 2.21. The van der Waals surface area contributed by atoms with Crippen LogP contribution in [-0.4, -0.2) is 18.0 Å². The van der Waals surface area contributed by atoms with Gasteiger partial charge in [0.15, 0.2) is 0 Å². The van der Waals surface area contributed by atoms with Gasteiger partial charge in [-0.25, -0.2) is 4.98 Å². The third kappa shape index (κ3) is 3.12. The van der Waals surface area contributed by atoms with Crippen LogP contribution in [0.3, 0.4) is 0 Å². The molecule has 0 fully saturated rings. The van der Waals surface area contributed by atoms with Crippen LogP contribution in [0.25, 0.3) is 0 Å². The molecule has 1 aromatic heterocycles. The normalized spacial score (nSPS) is 10.2. The predicted molar refractivity (Wildman–Crippen MR) is 79.6 cm³/mol. The minimum atomic E-state index is -0.358. The molecule has 0 radical (unpaired) electrons. The van der Waals surface area contributed by atoms with Crippen LogP contribution in [0.4, 0.5) is 11.5 Å². The van der Waals surface area contributed by atoms with E-state index in [-0.39, 0.29) is 16.7 Å². The van der Waals surface area contributed by atoms with Crippen molar-refractivity contribution in [1.82, 2.24) is 4.98 Å². The second-order valence-corrected chi connectivity index (χ2v) is 4.71. The molecule has 7 heteroatoms. The summed E-state index contributed by atoms with van der Waals surface area (Å²) in [5.74, 6) is 0.290. The van der Waals surface area contributed by atoms with E-state index in [1.165, 1.54) is 19.4 Å². The summed E-state index contributed by atoms with van der Waals surface area (Å²) in [6.45, 7) is 0. The molecule has 0 saturated carbocycles. The average Bonchev–Trinajstić information content (AvgIpc) is 2.43. The van der Waals surface area contributed by atoms with Crippen LogP contribution < -0.4 is 15.8 Å². The lowest BCUT2D eigenvalue weighted by Crippen LogP contribution is -2.12. The molecule has 0 bridgehead atoms. The lowest BCUT2D eigenvalue weighted by Gasteiger charge is -2.08. The van der Waals surface area contributed by atoms with Gasteiger partial charge in [0.05, 0.1) is 22.7 Å². The topological polar surface area (TPSA) is 77.2 Å². The third-order valence-electron chi connectivity index (χ3n) is 2.54. The summed E-state index contributed by atoms with van der Waals surface area (Å²) in [6, 6.07) is 6.36. The summed E-state index contributed by atoms with van der Waals surface area (Å²) in [5, 5.41) is 3.38. The van der Waals surface area contributed by atoms with E-state index in [0.29, 0.717) is 22.0 Å². The Labute approximate surface area is 125 Å². The van der Waals surface area contributed by atoms with E-state index >= 15 is 0 Å². The maximum Gasteiger partial charge on any atom is 0.257 e. The number of carbonyl (C=O) groups excluding carboxylic acids is 1. The Morgan fingerprint density at radius 1 is 1.30 bits per heavy atom. The Kier molecular flexibility index (Phi) is 4.32. The molecule has 0 aliphatic carbocycles. The molecule has 0 aliphatic heterocycles. The number of pyridine rings is 1. The van der Waals surface area contributed by atoms with Gasteiger partial charge in [-0.05, 0) is 18.2 Å². The maximum atomic E-state index is 12.0. The fourth-order valence-electron chi connectivity index (χ4n) is 1.51. The smallest absolute Gasteiger partial charge is 0.257 e. The first-order valence-electron chi connectivity index (χ1n) is 5.57. The fourth-order valence-corrected chi connectivity index (χ4v) is 1.87. The molecule has 1 amide bonds. The molecule has 0 aliphatic rings. The van der Waals surface area contributed by atoms with E-state index in [9.17, 15) is 4.79 Å². The number of rotatable bonds is 3. The van der Waals surface area contributed by atoms with Gasteiger partial charge in [-0.1, -0.05) is 23.2 Å². The van der Waals surface area contributed by atoms with Crippen molar-refractivity contribution in [1.29, 1.82) is 0 Å². The van der Waals surface area contributed by atoms with Gasteiger partial charge < -0.3 is 15.8 Å². The van der Waals surface area contributed by atoms with Gasteiger partial charge >= 0.3 is 0 Å². The largest absolute Gasteiger partial charge is 0.495 e. The van der Waals surface area contributed by atoms with E-state index in [0.717, 1.165) is 0 Å². The first-order chi connectivity index (χ1) is 9.51. The van der Waals surface area contributed by atoms with Crippen LogP contribution in [0.5, 0.6) is 5.75 Å². The molecule has 0 saturated heterocycles. The third-order valence-corrected chi connectivity index (χ3v) is 3.16. The van der Waals surface area contributed by atoms with Crippen molar-refractivity contribution < 1.29 is 9.53 Å². The predicted octanol–water partition coefficient (Wildman–Crippen LogP) is 3.23. The minimum absolute atomic E-state index is 0.177. The lowest BCUT2D eigenvalue weighted by molar-refractivity contribution is 0.102. The number of hydrogen-bond acceptors (Lipinski definition) is 4. The number of carbonyl (C=O) groups is 1. The lowest BCUT2D eigenvalue weighted by atomic mass is 10.2. The number of amides is 1. The summed E-state index contributed by atoms with van der Waals surface area (Å²) in [4.78, 5) is 15.9. The first-order valence-corrected chi connectivity index (χ1v) is 6.32. The number of nitrogens with zero attached hydrogens (tertiary/aromatic N) is 1. The standard InChI is InChI=1S/C13H11Cl2N3O2/c1-20-11-5-8(2-3-9(11)14)18-13(19)7-4-10(15)12(16)17-6-7/h2-6H,1H3,(H2,16,17)(H,18,19). The molecular weight excluding hydrogens is 301 g/mol. The van der Waals surface area contributed by atoms with Crippen molar-refractivity contribution in [3.05, 3.63) is 46.1 Å². The van der Waals surface area contributed by atoms with Crippen LogP contribution in [0.1, 0.15) is 10.4 Å². The van der Waals surface area contributed by atoms with Crippen LogP contribution in [0.15, 0.2) is 30.5 Å². The molecule has 0 atom stereocenters. The van der Waals surface area contributed by atoms with Crippen molar-refractivity contribution >= 4 is 40.6 Å². The number of benzene rings is 1. The number of aromatic nitrogens is 1. The number of hydrogen-bond donors (Lipinski definition) is 2. The Hall–Kier alpha value is -1.98. The zero-order valence-electron chi connectivity index (χ0n) is 10.5. The Bertz CT molecular complexity index is 662. The Morgan fingerprint density at radius 2 is 2.05 bits per heavy atom. The van der Waals surface area contributed by atoms with Gasteiger partial charge in [-0.3, -0.25) is 4.79 Å². The molecule has 0 unspecified atom stereocenters.